The molecule has 1 N–H and O–H groups in total. The highest BCUT2D eigenvalue weighted by Crippen LogP contribution is 2.29. The van der Waals surface area contributed by atoms with Crippen LogP contribution in [0.5, 0.6) is 5.75 Å². The van der Waals surface area contributed by atoms with E-state index in [0.717, 1.165) is 29.0 Å². The fraction of sp³-hybridized carbons (Fsp3) is 0.333. The largest absolute Gasteiger partial charge is 0.493 e. The number of carbonyl (C=O) groups is 2. The first kappa shape index (κ1) is 18.0. The molecule has 5 heteroatoms. The molecule has 0 bridgehead atoms. The summed E-state index contributed by atoms with van der Waals surface area (Å²) in [5.41, 5.74) is 3.69. The first-order valence-corrected chi connectivity index (χ1v) is 8.93. The fourth-order valence-electron chi connectivity index (χ4n) is 3.21. The SMILES string of the molecule is Cc1cc(C)cc(OCCC(=O)Nc2ccccc2N2CCCC2=O)c1. The Morgan fingerprint density at radius 1 is 1.15 bits per heavy atom. The van der Waals surface area contributed by atoms with Gasteiger partial charge in [-0.15, -0.1) is 0 Å². The zero-order valence-corrected chi connectivity index (χ0v) is 15.2. The number of anilines is 2. The number of rotatable bonds is 6. The molecule has 2 aromatic carbocycles. The van der Waals surface area contributed by atoms with E-state index in [1.54, 1.807) is 4.90 Å². The zero-order chi connectivity index (χ0) is 18.5. The van der Waals surface area contributed by atoms with E-state index in [1.807, 2.05) is 50.2 Å². The third-order valence-corrected chi connectivity index (χ3v) is 4.34. The van der Waals surface area contributed by atoms with Crippen molar-refractivity contribution in [1.29, 1.82) is 0 Å². The van der Waals surface area contributed by atoms with Gasteiger partial charge in [0.2, 0.25) is 11.8 Å². The highest BCUT2D eigenvalue weighted by molar-refractivity contribution is 6.02. The van der Waals surface area contributed by atoms with Gasteiger partial charge in [-0.1, -0.05) is 18.2 Å². The molecule has 1 aliphatic heterocycles. The average Bonchev–Trinajstić information content (AvgIpc) is 3.00. The predicted octanol–water partition coefficient (Wildman–Crippen LogP) is 3.84. The molecule has 2 aromatic rings. The van der Waals surface area contributed by atoms with Crippen LogP contribution in [0.2, 0.25) is 0 Å². The van der Waals surface area contributed by atoms with Crippen molar-refractivity contribution in [2.75, 3.05) is 23.4 Å². The summed E-state index contributed by atoms with van der Waals surface area (Å²) in [4.78, 5) is 26.0. The molecule has 0 saturated carbocycles. The molecule has 0 aliphatic carbocycles. The Morgan fingerprint density at radius 2 is 1.88 bits per heavy atom. The second-order valence-corrected chi connectivity index (χ2v) is 6.64. The number of amides is 2. The summed E-state index contributed by atoms with van der Waals surface area (Å²) < 4.78 is 5.70. The van der Waals surface area contributed by atoms with Crippen LogP contribution in [-0.4, -0.2) is 25.0 Å². The minimum Gasteiger partial charge on any atom is -0.493 e. The van der Waals surface area contributed by atoms with Crippen molar-refractivity contribution >= 4 is 23.2 Å². The van der Waals surface area contributed by atoms with Gasteiger partial charge in [-0.3, -0.25) is 9.59 Å². The number of aryl methyl sites for hydroxylation is 2. The van der Waals surface area contributed by atoms with Gasteiger partial charge in [-0.2, -0.15) is 0 Å². The number of hydrogen-bond acceptors (Lipinski definition) is 3. The summed E-state index contributed by atoms with van der Waals surface area (Å²) in [7, 11) is 0. The second-order valence-electron chi connectivity index (χ2n) is 6.64. The normalized spacial score (nSPS) is 13.8. The maximum absolute atomic E-state index is 12.3. The van der Waals surface area contributed by atoms with Crippen molar-refractivity contribution in [2.45, 2.75) is 33.1 Å². The Balaban J connectivity index is 1.58. The first-order valence-electron chi connectivity index (χ1n) is 8.93. The van der Waals surface area contributed by atoms with Crippen LogP contribution in [0.15, 0.2) is 42.5 Å². The minimum absolute atomic E-state index is 0.102. The molecule has 1 heterocycles. The quantitative estimate of drug-likeness (QED) is 0.859. The van der Waals surface area contributed by atoms with Gasteiger partial charge in [-0.25, -0.2) is 0 Å². The molecule has 0 atom stereocenters. The van der Waals surface area contributed by atoms with Crippen molar-refractivity contribution in [1.82, 2.24) is 0 Å². The lowest BCUT2D eigenvalue weighted by molar-refractivity contribution is -0.117. The summed E-state index contributed by atoms with van der Waals surface area (Å²) in [6.45, 7) is 5.04. The van der Waals surface area contributed by atoms with Gasteiger partial charge in [0.1, 0.15) is 5.75 Å². The third kappa shape index (κ3) is 4.42. The van der Waals surface area contributed by atoms with Crippen molar-refractivity contribution < 1.29 is 14.3 Å². The fourth-order valence-corrected chi connectivity index (χ4v) is 3.21. The summed E-state index contributed by atoms with van der Waals surface area (Å²) in [5.74, 6) is 0.747. The van der Waals surface area contributed by atoms with Gasteiger partial charge < -0.3 is 15.0 Å². The Hall–Kier alpha value is -2.82. The Labute approximate surface area is 154 Å². The van der Waals surface area contributed by atoms with E-state index in [9.17, 15) is 9.59 Å². The second kappa shape index (κ2) is 8.04. The van der Waals surface area contributed by atoms with Crippen LogP contribution >= 0.6 is 0 Å². The molecule has 136 valence electrons. The van der Waals surface area contributed by atoms with Gasteiger partial charge in [-0.05, 0) is 55.7 Å². The number of nitrogens with zero attached hydrogens (tertiary/aromatic N) is 1. The van der Waals surface area contributed by atoms with Crippen LogP contribution < -0.4 is 15.0 Å². The smallest absolute Gasteiger partial charge is 0.227 e. The predicted molar refractivity (Wildman–Crippen MR) is 103 cm³/mol. The number of benzene rings is 2. The molecule has 0 radical (unpaired) electrons. The number of carbonyl (C=O) groups excluding carboxylic acids is 2. The highest BCUT2D eigenvalue weighted by Gasteiger charge is 2.24. The van der Waals surface area contributed by atoms with Crippen LogP contribution in [0.1, 0.15) is 30.4 Å². The number of hydrogen-bond donors (Lipinski definition) is 1. The van der Waals surface area contributed by atoms with E-state index in [2.05, 4.69) is 11.4 Å². The molecule has 1 aliphatic rings. The molecule has 5 nitrogen and oxygen atoms in total. The van der Waals surface area contributed by atoms with Crippen LogP contribution in [0.25, 0.3) is 0 Å². The molecule has 3 rings (SSSR count). The summed E-state index contributed by atoms with van der Waals surface area (Å²) >= 11 is 0. The van der Waals surface area contributed by atoms with Crippen LogP contribution in [0, 0.1) is 13.8 Å². The van der Waals surface area contributed by atoms with Gasteiger partial charge in [0.15, 0.2) is 0 Å². The number of nitrogens with one attached hydrogen (secondary N) is 1. The molecule has 0 unspecified atom stereocenters. The maximum atomic E-state index is 12.3. The molecule has 0 spiro atoms. The lowest BCUT2D eigenvalue weighted by Crippen LogP contribution is -2.25. The standard InChI is InChI=1S/C21H24N2O3/c1-15-12-16(2)14-17(13-15)26-11-9-20(24)22-18-6-3-4-7-19(18)23-10-5-8-21(23)25/h3-4,6-7,12-14H,5,8-11H2,1-2H3,(H,22,24). The van der Waals surface area contributed by atoms with E-state index >= 15 is 0 Å². The van der Waals surface area contributed by atoms with Crippen molar-refractivity contribution in [2.24, 2.45) is 0 Å². The zero-order valence-electron chi connectivity index (χ0n) is 15.2. The summed E-state index contributed by atoms with van der Waals surface area (Å²) in [6.07, 6.45) is 1.66. The Morgan fingerprint density at radius 3 is 2.58 bits per heavy atom. The van der Waals surface area contributed by atoms with E-state index < -0.39 is 0 Å². The molecule has 1 saturated heterocycles. The number of para-hydroxylation sites is 2. The van der Waals surface area contributed by atoms with Gasteiger partial charge in [0.05, 0.1) is 24.4 Å². The first-order chi connectivity index (χ1) is 12.5. The monoisotopic (exact) mass is 352 g/mol. The summed E-state index contributed by atoms with van der Waals surface area (Å²) in [6, 6.07) is 13.4. The highest BCUT2D eigenvalue weighted by atomic mass is 16.5. The molecule has 2 amide bonds. The minimum atomic E-state index is -0.131. The van der Waals surface area contributed by atoms with Crippen molar-refractivity contribution in [3.8, 4) is 5.75 Å². The van der Waals surface area contributed by atoms with Gasteiger partial charge in [0, 0.05) is 13.0 Å². The van der Waals surface area contributed by atoms with Crippen LogP contribution in [0.3, 0.4) is 0 Å². The lowest BCUT2D eigenvalue weighted by Gasteiger charge is -2.20. The maximum Gasteiger partial charge on any atom is 0.227 e. The van der Waals surface area contributed by atoms with E-state index in [1.165, 1.54) is 0 Å². The molecule has 0 aromatic heterocycles. The third-order valence-electron chi connectivity index (χ3n) is 4.34. The van der Waals surface area contributed by atoms with Crippen molar-refractivity contribution in [3.05, 3.63) is 53.6 Å². The average molecular weight is 352 g/mol. The van der Waals surface area contributed by atoms with Crippen molar-refractivity contribution in [3.63, 3.8) is 0 Å². The lowest BCUT2D eigenvalue weighted by atomic mass is 10.1. The summed E-state index contributed by atoms with van der Waals surface area (Å²) in [5, 5.41) is 2.90. The van der Waals surface area contributed by atoms with Crippen LogP contribution in [0.4, 0.5) is 11.4 Å². The molecule has 26 heavy (non-hydrogen) atoms. The molecular weight excluding hydrogens is 328 g/mol. The Bertz CT molecular complexity index is 796. The molecule has 1 fully saturated rings. The van der Waals surface area contributed by atoms with E-state index in [4.69, 9.17) is 4.74 Å². The molecular formula is C21H24N2O3. The van der Waals surface area contributed by atoms with E-state index in [0.29, 0.717) is 25.3 Å². The van der Waals surface area contributed by atoms with E-state index in [-0.39, 0.29) is 18.2 Å². The number of ether oxygens (including phenoxy) is 1. The topological polar surface area (TPSA) is 58.6 Å². The Kier molecular flexibility index (Phi) is 5.56. The van der Waals surface area contributed by atoms with Crippen LogP contribution in [-0.2, 0) is 9.59 Å². The van der Waals surface area contributed by atoms with Gasteiger partial charge >= 0.3 is 0 Å². The van der Waals surface area contributed by atoms with Gasteiger partial charge in [0.25, 0.3) is 0 Å².